The van der Waals surface area contributed by atoms with Crippen molar-refractivity contribution in [1.82, 2.24) is 19.8 Å². The lowest BCUT2D eigenvalue weighted by Gasteiger charge is -2.27. The molecule has 0 unspecified atom stereocenters. The fourth-order valence-corrected chi connectivity index (χ4v) is 5.12. The molecule has 1 aromatic heterocycles. The van der Waals surface area contributed by atoms with Crippen LogP contribution in [0, 0.1) is 25.7 Å². The molecule has 2 saturated heterocycles. The lowest BCUT2D eigenvalue weighted by atomic mass is 9.90. The predicted octanol–water partition coefficient (Wildman–Crippen LogP) is 4.04. The Labute approximate surface area is 183 Å². The number of benzene rings is 2. The fourth-order valence-electron chi connectivity index (χ4n) is 5.12. The van der Waals surface area contributed by atoms with Gasteiger partial charge in [0.05, 0.1) is 22.4 Å². The molecule has 156 valence electrons. The molecule has 0 N–H and O–H groups in total. The van der Waals surface area contributed by atoms with E-state index < -0.39 is 0 Å². The lowest BCUT2D eigenvalue weighted by Crippen LogP contribution is -2.33. The minimum absolute atomic E-state index is 0. The molecule has 2 aliphatic rings. The Morgan fingerprint density at radius 3 is 2.37 bits per heavy atom. The first-order valence-electron chi connectivity index (χ1n) is 10.3. The predicted molar refractivity (Wildman–Crippen MR) is 121 cm³/mol. The van der Waals surface area contributed by atoms with Crippen molar-refractivity contribution in [2.45, 2.75) is 19.9 Å². The van der Waals surface area contributed by atoms with Gasteiger partial charge in [0.2, 0.25) is 0 Å². The maximum Gasteiger partial charge on any atom is 0.253 e. The minimum atomic E-state index is 0. The molecule has 2 fully saturated rings. The summed E-state index contributed by atoms with van der Waals surface area (Å²) in [6.07, 6.45) is 0. The van der Waals surface area contributed by atoms with E-state index in [1.807, 2.05) is 36.9 Å². The molecule has 0 spiro atoms. The van der Waals surface area contributed by atoms with Crippen LogP contribution in [0.25, 0.3) is 11.0 Å². The second kappa shape index (κ2) is 7.97. The van der Waals surface area contributed by atoms with Crippen LogP contribution in [-0.2, 0) is 0 Å². The van der Waals surface area contributed by atoms with E-state index in [0.717, 1.165) is 42.1 Å². The van der Waals surface area contributed by atoms with Gasteiger partial charge in [-0.1, -0.05) is 30.3 Å². The van der Waals surface area contributed by atoms with Crippen LogP contribution < -0.4 is 0 Å². The Morgan fingerprint density at radius 2 is 1.63 bits per heavy atom. The average molecular weight is 423 g/mol. The number of nitrogens with zero attached hydrogens (tertiary/aromatic N) is 4. The zero-order chi connectivity index (χ0) is 20.1. The van der Waals surface area contributed by atoms with Crippen molar-refractivity contribution in [2.75, 3.05) is 26.7 Å². The molecule has 0 aliphatic carbocycles. The molecular weight excluding hydrogens is 396 g/mol. The van der Waals surface area contributed by atoms with E-state index in [-0.39, 0.29) is 18.3 Å². The quantitative estimate of drug-likeness (QED) is 0.625. The number of rotatable bonds is 2. The number of hydrogen-bond donors (Lipinski definition) is 0. The number of carbonyl (C=O) groups excluding carboxylic acids is 1. The third-order valence-corrected chi connectivity index (χ3v) is 6.65. The van der Waals surface area contributed by atoms with Crippen molar-refractivity contribution >= 4 is 29.3 Å². The molecule has 5 rings (SSSR count). The van der Waals surface area contributed by atoms with Crippen LogP contribution in [0.15, 0.2) is 48.5 Å². The zero-order valence-electron chi connectivity index (χ0n) is 17.6. The fraction of sp³-hybridized carbons (Fsp3) is 0.375. The van der Waals surface area contributed by atoms with E-state index in [2.05, 4.69) is 52.2 Å². The summed E-state index contributed by atoms with van der Waals surface area (Å²) in [5.74, 6) is 1.12. The number of likely N-dealkylation sites (tertiary alicyclic amines) is 2. The highest BCUT2D eigenvalue weighted by atomic mass is 35.5. The summed E-state index contributed by atoms with van der Waals surface area (Å²) in [6.45, 7) is 6.59. The van der Waals surface area contributed by atoms with Gasteiger partial charge in [0.15, 0.2) is 0 Å². The molecule has 1 amide bonds. The van der Waals surface area contributed by atoms with Crippen molar-refractivity contribution in [2.24, 2.45) is 11.8 Å². The second-order valence-electron chi connectivity index (χ2n) is 8.53. The molecule has 3 atom stereocenters. The summed E-state index contributed by atoms with van der Waals surface area (Å²) >= 11 is 0. The summed E-state index contributed by atoms with van der Waals surface area (Å²) < 4.78 is 0. The number of fused-ring (bicyclic) bond motifs is 2. The van der Waals surface area contributed by atoms with Crippen LogP contribution in [0.4, 0.5) is 0 Å². The second-order valence-corrected chi connectivity index (χ2v) is 8.53. The normalized spacial score (nSPS) is 23.4. The van der Waals surface area contributed by atoms with Crippen molar-refractivity contribution in [3.63, 3.8) is 0 Å². The van der Waals surface area contributed by atoms with E-state index >= 15 is 0 Å². The van der Waals surface area contributed by atoms with Crippen molar-refractivity contribution in [3.8, 4) is 0 Å². The summed E-state index contributed by atoms with van der Waals surface area (Å²) in [7, 11) is 2.20. The minimum Gasteiger partial charge on any atom is -0.338 e. The van der Waals surface area contributed by atoms with Gasteiger partial charge in [-0.25, -0.2) is 9.97 Å². The number of hydrogen-bond acceptors (Lipinski definition) is 4. The van der Waals surface area contributed by atoms with Crippen LogP contribution in [-0.4, -0.2) is 52.4 Å². The standard InChI is InChI=1S/C24H26N4O.ClH/c1-15-16(2)26-22-11-18(9-10-21(22)25-15)24(29)28-13-19-12-27(3)23(20(19)14-28)17-7-5-4-6-8-17;/h4-11,19-20,23H,12-14H2,1-3H3;1H/t19-,20+,23-;/m0./s1. The molecule has 2 aromatic carbocycles. The maximum atomic E-state index is 13.3. The topological polar surface area (TPSA) is 49.3 Å². The van der Waals surface area contributed by atoms with Crippen molar-refractivity contribution in [3.05, 3.63) is 71.0 Å². The highest BCUT2D eigenvalue weighted by Gasteiger charge is 2.47. The SMILES string of the molecule is Cc1nc2ccc(C(=O)N3C[C@@H]4CN(C)[C@@H](c5ccccc5)[C@@H]4C3)cc2nc1C.Cl. The van der Waals surface area contributed by atoms with Gasteiger partial charge in [-0.15, -0.1) is 12.4 Å². The van der Waals surface area contributed by atoms with Crippen LogP contribution in [0.2, 0.25) is 0 Å². The van der Waals surface area contributed by atoms with Crippen LogP contribution in [0.3, 0.4) is 0 Å². The largest absolute Gasteiger partial charge is 0.338 e. The summed E-state index contributed by atoms with van der Waals surface area (Å²) in [4.78, 5) is 26.9. The Balaban J connectivity index is 0.00000218. The van der Waals surface area contributed by atoms with E-state index in [1.54, 1.807) is 0 Å². The first-order chi connectivity index (χ1) is 14.0. The number of aryl methyl sites for hydroxylation is 2. The number of amides is 1. The van der Waals surface area contributed by atoms with Crippen molar-refractivity contribution < 1.29 is 4.79 Å². The van der Waals surface area contributed by atoms with Gasteiger partial charge in [0.1, 0.15) is 0 Å². The highest BCUT2D eigenvalue weighted by Crippen LogP contribution is 2.44. The molecule has 5 nitrogen and oxygen atoms in total. The van der Waals surface area contributed by atoms with E-state index in [0.29, 0.717) is 23.4 Å². The molecule has 2 aliphatic heterocycles. The van der Waals surface area contributed by atoms with E-state index in [9.17, 15) is 4.79 Å². The molecule has 0 radical (unpaired) electrons. The smallest absolute Gasteiger partial charge is 0.253 e. The molecule has 30 heavy (non-hydrogen) atoms. The number of aromatic nitrogens is 2. The van der Waals surface area contributed by atoms with Gasteiger partial charge < -0.3 is 4.90 Å². The first-order valence-corrected chi connectivity index (χ1v) is 10.3. The van der Waals surface area contributed by atoms with Crippen LogP contribution in [0.5, 0.6) is 0 Å². The Bertz CT molecular complexity index is 1090. The van der Waals surface area contributed by atoms with Crippen LogP contribution in [0.1, 0.15) is 33.4 Å². The Morgan fingerprint density at radius 1 is 0.933 bits per heavy atom. The average Bonchev–Trinajstić information content (AvgIpc) is 3.25. The van der Waals surface area contributed by atoms with Gasteiger partial charge in [-0.3, -0.25) is 9.69 Å². The third-order valence-electron chi connectivity index (χ3n) is 6.65. The zero-order valence-corrected chi connectivity index (χ0v) is 18.4. The van der Waals surface area contributed by atoms with E-state index in [4.69, 9.17) is 0 Å². The van der Waals surface area contributed by atoms with Gasteiger partial charge in [-0.05, 0) is 50.6 Å². The summed E-state index contributed by atoms with van der Waals surface area (Å²) in [5, 5.41) is 0. The molecule has 3 aromatic rings. The monoisotopic (exact) mass is 422 g/mol. The Kier molecular flexibility index (Phi) is 5.51. The highest BCUT2D eigenvalue weighted by molar-refractivity contribution is 5.97. The summed E-state index contributed by atoms with van der Waals surface area (Å²) in [6, 6.07) is 16.8. The molecular formula is C24H27ClN4O. The molecule has 0 bridgehead atoms. The first kappa shape index (κ1) is 20.8. The van der Waals surface area contributed by atoms with Gasteiger partial charge >= 0.3 is 0 Å². The van der Waals surface area contributed by atoms with Crippen LogP contribution >= 0.6 is 12.4 Å². The summed E-state index contributed by atoms with van der Waals surface area (Å²) in [5.41, 5.74) is 5.53. The van der Waals surface area contributed by atoms with Gasteiger partial charge in [0.25, 0.3) is 5.91 Å². The molecule has 3 heterocycles. The maximum absolute atomic E-state index is 13.3. The number of carbonyl (C=O) groups is 1. The van der Waals surface area contributed by atoms with Gasteiger partial charge in [0, 0.05) is 37.2 Å². The van der Waals surface area contributed by atoms with Crippen molar-refractivity contribution in [1.29, 1.82) is 0 Å². The molecule has 0 saturated carbocycles. The lowest BCUT2D eigenvalue weighted by molar-refractivity contribution is 0.0768. The van der Waals surface area contributed by atoms with E-state index in [1.165, 1.54) is 5.56 Å². The molecule has 6 heteroatoms. The number of halogens is 1. The van der Waals surface area contributed by atoms with Gasteiger partial charge in [-0.2, -0.15) is 0 Å². The Hall–Kier alpha value is -2.50. The third kappa shape index (κ3) is 3.46.